The second-order valence-electron chi connectivity index (χ2n) is 12.2. The number of carbonyl (C=O) groups is 3. The summed E-state index contributed by atoms with van der Waals surface area (Å²) >= 11 is 1.14. The lowest BCUT2D eigenvalue weighted by Crippen LogP contribution is -2.31. The van der Waals surface area contributed by atoms with Gasteiger partial charge in [0.15, 0.2) is 5.00 Å². The molecule has 0 aliphatic rings. The van der Waals surface area contributed by atoms with E-state index in [9.17, 15) is 24.9 Å². The van der Waals surface area contributed by atoms with E-state index >= 15 is 0 Å². The fraction of sp³-hybridized carbons (Fsp3) is 0.525. The zero-order valence-corrected chi connectivity index (χ0v) is 32.9. The lowest BCUT2D eigenvalue weighted by atomic mass is 10.0. The van der Waals surface area contributed by atoms with Gasteiger partial charge in [0.1, 0.15) is 36.5 Å². The van der Waals surface area contributed by atoms with E-state index in [1.807, 2.05) is 70.2 Å². The van der Waals surface area contributed by atoms with Gasteiger partial charge >= 0.3 is 11.9 Å². The highest BCUT2D eigenvalue weighted by molar-refractivity contribution is 7.16. The number of azo groups is 1. The van der Waals surface area contributed by atoms with Gasteiger partial charge in [-0.25, -0.2) is 0 Å². The SMILES string of the molecule is C/C=C/CC(C=O)CC(=O)OCCOCCOCCN(CCOCCOC(=O)C(CC)C/C=C/C)c1ccc(/N=N/c2sc(C#N)c(C)c2C#N)c(C)c1. The lowest BCUT2D eigenvalue weighted by Gasteiger charge is -2.25. The van der Waals surface area contributed by atoms with Crippen molar-refractivity contribution in [1.82, 2.24) is 0 Å². The number of thiophene rings is 1. The summed E-state index contributed by atoms with van der Waals surface area (Å²) in [4.78, 5) is 38.1. The monoisotopic (exact) mass is 763 g/mol. The van der Waals surface area contributed by atoms with Gasteiger partial charge in [-0.05, 0) is 76.3 Å². The molecule has 0 amide bonds. The first-order valence-electron chi connectivity index (χ1n) is 18.2. The fourth-order valence-electron chi connectivity index (χ4n) is 5.03. The first kappa shape index (κ1) is 45.4. The molecule has 0 spiro atoms. The number of benzene rings is 1. The molecule has 2 atom stereocenters. The van der Waals surface area contributed by atoms with E-state index in [2.05, 4.69) is 27.3 Å². The third kappa shape index (κ3) is 16.5. The molecular formula is C40H53N5O8S. The Balaban J connectivity index is 1.92. The van der Waals surface area contributed by atoms with Crippen LogP contribution >= 0.6 is 11.3 Å². The largest absolute Gasteiger partial charge is 0.463 e. The maximum Gasteiger partial charge on any atom is 0.309 e. The quantitative estimate of drug-likeness (QED) is 0.0288. The molecule has 14 heteroatoms. The van der Waals surface area contributed by atoms with Gasteiger partial charge in [0.25, 0.3) is 0 Å². The highest BCUT2D eigenvalue weighted by Gasteiger charge is 2.17. The van der Waals surface area contributed by atoms with Crippen LogP contribution in [0.15, 0.2) is 52.7 Å². The van der Waals surface area contributed by atoms with Crippen molar-refractivity contribution < 1.29 is 38.1 Å². The van der Waals surface area contributed by atoms with Crippen LogP contribution in [0.1, 0.15) is 68.0 Å². The summed E-state index contributed by atoms with van der Waals surface area (Å²) < 4.78 is 27.8. The van der Waals surface area contributed by atoms with Gasteiger partial charge in [-0.3, -0.25) is 9.59 Å². The normalized spacial score (nSPS) is 12.5. The van der Waals surface area contributed by atoms with Gasteiger partial charge in [-0.1, -0.05) is 31.2 Å². The summed E-state index contributed by atoms with van der Waals surface area (Å²) in [6.45, 7) is 12.7. The van der Waals surface area contributed by atoms with Crippen LogP contribution in [0.2, 0.25) is 0 Å². The van der Waals surface area contributed by atoms with Crippen molar-refractivity contribution in [3.63, 3.8) is 0 Å². The molecule has 2 unspecified atom stereocenters. The molecule has 0 aliphatic carbocycles. The molecule has 0 aliphatic heterocycles. The lowest BCUT2D eigenvalue weighted by molar-refractivity contribution is -0.150. The Morgan fingerprint density at radius 2 is 1.50 bits per heavy atom. The molecule has 54 heavy (non-hydrogen) atoms. The van der Waals surface area contributed by atoms with Gasteiger partial charge in [0.2, 0.25) is 0 Å². The molecule has 1 heterocycles. The Kier molecular flexibility index (Phi) is 22.7. The molecule has 0 saturated heterocycles. The Hall–Kier alpha value is -4.73. The van der Waals surface area contributed by atoms with Crippen LogP contribution in [0.3, 0.4) is 0 Å². The van der Waals surface area contributed by atoms with Crippen molar-refractivity contribution in [2.24, 2.45) is 22.1 Å². The fourth-order valence-corrected chi connectivity index (χ4v) is 5.91. The van der Waals surface area contributed by atoms with E-state index in [1.165, 1.54) is 0 Å². The minimum Gasteiger partial charge on any atom is -0.463 e. The summed E-state index contributed by atoms with van der Waals surface area (Å²) in [6.07, 6.45) is 10.3. The summed E-state index contributed by atoms with van der Waals surface area (Å²) in [5.74, 6) is -1.21. The molecule has 0 bridgehead atoms. The van der Waals surface area contributed by atoms with Crippen molar-refractivity contribution in [2.75, 3.05) is 70.8 Å². The van der Waals surface area contributed by atoms with E-state index in [0.29, 0.717) is 85.5 Å². The number of rotatable bonds is 27. The number of nitriles is 2. The number of hydrogen-bond donors (Lipinski definition) is 0. The summed E-state index contributed by atoms with van der Waals surface area (Å²) in [6, 6.07) is 9.97. The summed E-state index contributed by atoms with van der Waals surface area (Å²) in [7, 11) is 0. The summed E-state index contributed by atoms with van der Waals surface area (Å²) in [5, 5.41) is 28.0. The first-order chi connectivity index (χ1) is 26.2. The van der Waals surface area contributed by atoms with Gasteiger partial charge in [-0.15, -0.1) is 21.6 Å². The van der Waals surface area contributed by atoms with Crippen LogP contribution in [0.5, 0.6) is 0 Å². The zero-order valence-electron chi connectivity index (χ0n) is 32.1. The Morgan fingerprint density at radius 1 is 0.870 bits per heavy atom. The first-order valence-corrected chi connectivity index (χ1v) is 19.0. The molecule has 0 N–H and O–H groups in total. The molecule has 0 fully saturated rings. The molecule has 13 nitrogen and oxygen atoms in total. The van der Waals surface area contributed by atoms with Crippen molar-refractivity contribution in [3.05, 3.63) is 64.1 Å². The van der Waals surface area contributed by atoms with E-state index < -0.39 is 11.9 Å². The number of nitrogens with zero attached hydrogens (tertiary/aromatic N) is 5. The van der Waals surface area contributed by atoms with Gasteiger partial charge < -0.3 is 33.4 Å². The van der Waals surface area contributed by atoms with Gasteiger partial charge in [0, 0.05) is 24.7 Å². The van der Waals surface area contributed by atoms with Crippen LogP contribution in [0.4, 0.5) is 16.4 Å². The number of ether oxygens (including phenoxy) is 5. The number of allylic oxidation sites excluding steroid dienone is 4. The smallest absolute Gasteiger partial charge is 0.309 e. The molecule has 1 aromatic heterocycles. The standard InChI is InChI=1S/C40H53N5O8S/c1-6-9-11-32(29-46)26-38(47)52-23-21-51-20-19-49-17-15-45(16-18-50-22-24-53-40(48)33(8-3)12-10-7-2)34-13-14-36(30(4)25-34)43-44-39-35(27-41)31(5)37(28-42)54-39/h6-7,9-10,13-14,25,29,32-33H,8,11-12,15-24,26H2,1-5H3/b9-6+,10-7+,44-43+. The average Bonchev–Trinajstić information content (AvgIpc) is 3.49. The zero-order chi connectivity index (χ0) is 39.6. The topological polar surface area (TPSA) is 173 Å². The van der Waals surface area contributed by atoms with Crippen LogP contribution in [0, 0.1) is 48.3 Å². The molecule has 1 aromatic carbocycles. The maximum absolute atomic E-state index is 12.4. The third-order valence-corrected chi connectivity index (χ3v) is 9.34. The number of aldehydes is 1. The van der Waals surface area contributed by atoms with E-state index in [0.717, 1.165) is 28.9 Å². The molecule has 0 radical (unpaired) electrons. The van der Waals surface area contributed by atoms with E-state index in [1.54, 1.807) is 6.92 Å². The number of anilines is 1. The highest BCUT2D eigenvalue weighted by Crippen LogP contribution is 2.36. The second-order valence-corrected chi connectivity index (χ2v) is 13.2. The Morgan fingerprint density at radius 3 is 2.09 bits per heavy atom. The Labute approximate surface area is 323 Å². The van der Waals surface area contributed by atoms with E-state index in [4.69, 9.17) is 23.7 Å². The number of hydrogen-bond acceptors (Lipinski definition) is 14. The van der Waals surface area contributed by atoms with Crippen LogP contribution in [0.25, 0.3) is 0 Å². The van der Waals surface area contributed by atoms with Crippen molar-refractivity contribution in [2.45, 2.75) is 60.3 Å². The van der Waals surface area contributed by atoms with Gasteiger partial charge in [-0.2, -0.15) is 10.5 Å². The predicted octanol–water partition coefficient (Wildman–Crippen LogP) is 7.63. The minimum atomic E-state index is -0.432. The number of carbonyl (C=O) groups excluding carboxylic acids is 3. The maximum atomic E-state index is 12.4. The van der Waals surface area contributed by atoms with Gasteiger partial charge in [0.05, 0.1) is 63.2 Å². The van der Waals surface area contributed by atoms with Crippen molar-refractivity contribution in [1.29, 1.82) is 10.5 Å². The van der Waals surface area contributed by atoms with Crippen LogP contribution in [-0.2, 0) is 38.1 Å². The molecule has 0 saturated carbocycles. The highest BCUT2D eigenvalue weighted by atomic mass is 32.1. The van der Waals surface area contributed by atoms with Crippen LogP contribution < -0.4 is 4.90 Å². The van der Waals surface area contributed by atoms with Crippen molar-refractivity contribution in [3.8, 4) is 12.1 Å². The number of aryl methyl sites for hydroxylation is 1. The molecule has 2 aromatic rings. The minimum absolute atomic E-state index is 0.0387. The Bertz CT molecular complexity index is 1640. The number of esters is 2. The van der Waals surface area contributed by atoms with E-state index in [-0.39, 0.29) is 44.7 Å². The predicted molar refractivity (Wildman–Crippen MR) is 207 cm³/mol. The summed E-state index contributed by atoms with van der Waals surface area (Å²) in [5.41, 5.74) is 3.35. The molecule has 2 rings (SSSR count). The average molecular weight is 764 g/mol. The van der Waals surface area contributed by atoms with Crippen LogP contribution in [-0.4, -0.2) is 84.2 Å². The second kappa shape index (κ2) is 26.9. The molecular weight excluding hydrogens is 711 g/mol. The van der Waals surface area contributed by atoms with Crippen molar-refractivity contribution >= 4 is 45.9 Å². The molecule has 292 valence electrons. The third-order valence-electron chi connectivity index (χ3n) is 8.26.